The summed E-state index contributed by atoms with van der Waals surface area (Å²) >= 11 is 11.3. The third-order valence-corrected chi connectivity index (χ3v) is 6.90. The molecule has 0 fully saturated rings. The van der Waals surface area contributed by atoms with Gasteiger partial charge < -0.3 is 14.8 Å². The van der Waals surface area contributed by atoms with Gasteiger partial charge in [0.15, 0.2) is 11.5 Å². The Morgan fingerprint density at radius 2 is 1.80 bits per heavy atom. The minimum absolute atomic E-state index is 0.432. The fourth-order valence-corrected chi connectivity index (χ4v) is 4.65. The number of aromatic nitrogens is 4. The molecule has 0 bridgehead atoms. The van der Waals surface area contributed by atoms with Gasteiger partial charge in [-0.05, 0) is 64.9 Å². The fraction of sp³-hybridized carbons (Fsp3) is 0.240. The van der Waals surface area contributed by atoms with E-state index in [1.165, 1.54) is 0 Å². The van der Waals surface area contributed by atoms with Crippen molar-refractivity contribution in [3.8, 4) is 17.2 Å². The summed E-state index contributed by atoms with van der Waals surface area (Å²) < 4.78 is 14.6. The van der Waals surface area contributed by atoms with E-state index in [1.807, 2.05) is 73.7 Å². The number of nitrogens with zero attached hydrogens (tertiary/aromatic N) is 4. The molecule has 0 amide bonds. The molecule has 1 N–H and O–H groups in total. The highest BCUT2D eigenvalue weighted by atomic mass is 79.9. The van der Waals surface area contributed by atoms with Crippen LogP contribution in [-0.4, -0.2) is 39.1 Å². The van der Waals surface area contributed by atoms with Crippen LogP contribution in [0.25, 0.3) is 5.69 Å². The first-order valence-electron chi connectivity index (χ1n) is 11.1. The number of para-hydroxylation sites is 1. The van der Waals surface area contributed by atoms with Crippen LogP contribution in [0.3, 0.4) is 0 Å². The molecule has 0 atom stereocenters. The van der Waals surface area contributed by atoms with Gasteiger partial charge in [-0.3, -0.25) is 0 Å². The van der Waals surface area contributed by atoms with Gasteiger partial charge in [-0.15, -0.1) is 5.10 Å². The molecule has 4 aromatic rings. The lowest BCUT2D eigenvalue weighted by atomic mass is 10.2. The van der Waals surface area contributed by atoms with Crippen molar-refractivity contribution in [2.24, 2.45) is 0 Å². The summed E-state index contributed by atoms with van der Waals surface area (Å²) in [7, 11) is 0. The van der Waals surface area contributed by atoms with Gasteiger partial charge >= 0.3 is 0 Å². The van der Waals surface area contributed by atoms with Crippen LogP contribution in [0.15, 0.2) is 76.4 Å². The quantitative estimate of drug-likeness (QED) is 0.166. The molecule has 1 aromatic heterocycles. The standard InChI is InChI=1S/C25H25BrClN5O2S/c1-2-33-23-14-19(22(26)15-24(23)34-17-18-8-10-20(27)11-9-18)16-28-12-13-35-25-29-30-31-32(25)21-6-4-3-5-7-21/h3-11,14-15,28H,2,12-13,16-17H2,1H3. The van der Waals surface area contributed by atoms with Crippen LogP contribution in [0, 0.1) is 0 Å². The largest absolute Gasteiger partial charge is 0.490 e. The summed E-state index contributed by atoms with van der Waals surface area (Å²) in [6, 6.07) is 21.5. The SMILES string of the molecule is CCOc1cc(CNCCSc2nnnn2-c2ccccc2)c(Br)cc1OCc1ccc(Cl)cc1. The normalized spacial score (nSPS) is 10.9. The van der Waals surface area contributed by atoms with Gasteiger partial charge in [-0.1, -0.05) is 69.6 Å². The topological polar surface area (TPSA) is 74.1 Å². The monoisotopic (exact) mass is 573 g/mol. The predicted molar refractivity (Wildman–Crippen MR) is 143 cm³/mol. The fourth-order valence-electron chi connectivity index (χ4n) is 3.27. The van der Waals surface area contributed by atoms with Crippen LogP contribution < -0.4 is 14.8 Å². The molecule has 0 radical (unpaired) electrons. The number of halogens is 2. The minimum Gasteiger partial charge on any atom is -0.490 e. The Balaban J connectivity index is 1.31. The Morgan fingerprint density at radius 3 is 2.57 bits per heavy atom. The molecule has 0 aliphatic heterocycles. The highest BCUT2D eigenvalue weighted by Crippen LogP contribution is 2.34. The molecule has 182 valence electrons. The van der Waals surface area contributed by atoms with Crippen LogP contribution >= 0.6 is 39.3 Å². The summed E-state index contributed by atoms with van der Waals surface area (Å²) in [5, 5.41) is 17.0. The maximum atomic E-state index is 6.04. The van der Waals surface area contributed by atoms with Crippen molar-refractivity contribution in [2.75, 3.05) is 18.9 Å². The molecule has 0 saturated heterocycles. The Bertz CT molecular complexity index is 1220. The second-order valence-corrected chi connectivity index (χ2v) is 9.83. The van der Waals surface area contributed by atoms with Crippen molar-refractivity contribution in [1.29, 1.82) is 0 Å². The van der Waals surface area contributed by atoms with Crippen molar-refractivity contribution in [3.63, 3.8) is 0 Å². The number of nitrogens with one attached hydrogen (secondary N) is 1. The van der Waals surface area contributed by atoms with Gasteiger partial charge in [0.2, 0.25) is 5.16 Å². The van der Waals surface area contributed by atoms with Gasteiger partial charge in [-0.25, -0.2) is 0 Å². The molecule has 7 nitrogen and oxygen atoms in total. The lowest BCUT2D eigenvalue weighted by molar-refractivity contribution is 0.269. The van der Waals surface area contributed by atoms with Gasteiger partial charge in [0, 0.05) is 28.3 Å². The van der Waals surface area contributed by atoms with Crippen LogP contribution in [0.1, 0.15) is 18.1 Å². The van der Waals surface area contributed by atoms with Crippen LogP contribution in [0.2, 0.25) is 5.02 Å². The maximum absolute atomic E-state index is 6.04. The van der Waals surface area contributed by atoms with Crippen LogP contribution in [-0.2, 0) is 13.2 Å². The van der Waals surface area contributed by atoms with Gasteiger partial charge in [0.25, 0.3) is 0 Å². The number of rotatable bonds is 12. The lowest BCUT2D eigenvalue weighted by Gasteiger charge is -2.15. The van der Waals surface area contributed by atoms with E-state index in [4.69, 9.17) is 21.1 Å². The average Bonchev–Trinajstić information content (AvgIpc) is 3.35. The molecule has 35 heavy (non-hydrogen) atoms. The van der Waals surface area contributed by atoms with Crippen LogP contribution in [0.4, 0.5) is 0 Å². The second kappa shape index (κ2) is 12.9. The minimum atomic E-state index is 0.432. The zero-order valence-electron chi connectivity index (χ0n) is 19.2. The summed E-state index contributed by atoms with van der Waals surface area (Å²) in [6.07, 6.45) is 0. The molecule has 3 aromatic carbocycles. The zero-order chi connectivity index (χ0) is 24.5. The second-order valence-electron chi connectivity index (χ2n) is 7.47. The molecule has 0 unspecified atom stereocenters. The molecule has 0 aliphatic carbocycles. The van der Waals surface area contributed by atoms with E-state index in [-0.39, 0.29) is 0 Å². The van der Waals surface area contributed by atoms with Crippen molar-refractivity contribution in [1.82, 2.24) is 25.5 Å². The molecule has 0 saturated carbocycles. The van der Waals surface area contributed by atoms with E-state index >= 15 is 0 Å². The Labute approximate surface area is 222 Å². The van der Waals surface area contributed by atoms with Gasteiger partial charge in [0.05, 0.1) is 12.3 Å². The first-order chi connectivity index (χ1) is 17.1. The van der Waals surface area contributed by atoms with E-state index < -0.39 is 0 Å². The third kappa shape index (κ3) is 7.20. The summed E-state index contributed by atoms with van der Waals surface area (Å²) in [6.45, 7) is 4.42. The smallest absolute Gasteiger partial charge is 0.214 e. The number of tetrazole rings is 1. The van der Waals surface area contributed by atoms with Gasteiger partial charge in [0.1, 0.15) is 6.61 Å². The molecule has 0 spiro atoms. The number of hydrogen-bond donors (Lipinski definition) is 1. The molecule has 0 aliphatic rings. The van der Waals surface area contributed by atoms with Crippen molar-refractivity contribution < 1.29 is 9.47 Å². The average molecular weight is 575 g/mol. The maximum Gasteiger partial charge on any atom is 0.214 e. The molecular weight excluding hydrogens is 550 g/mol. The molecule has 10 heteroatoms. The summed E-state index contributed by atoms with van der Waals surface area (Å²) in [5.74, 6) is 2.24. The summed E-state index contributed by atoms with van der Waals surface area (Å²) in [4.78, 5) is 0. The van der Waals surface area contributed by atoms with Gasteiger partial charge in [-0.2, -0.15) is 4.68 Å². The van der Waals surface area contributed by atoms with E-state index in [0.29, 0.717) is 30.5 Å². The van der Waals surface area contributed by atoms with E-state index in [0.717, 1.165) is 44.5 Å². The zero-order valence-corrected chi connectivity index (χ0v) is 22.3. The van der Waals surface area contributed by atoms with E-state index in [1.54, 1.807) is 16.4 Å². The highest BCUT2D eigenvalue weighted by molar-refractivity contribution is 9.10. The predicted octanol–water partition coefficient (Wildman–Crippen LogP) is 5.94. The first kappa shape index (κ1) is 25.5. The molecule has 4 rings (SSSR count). The third-order valence-electron chi connectivity index (χ3n) is 4.99. The van der Waals surface area contributed by atoms with Crippen molar-refractivity contribution >= 4 is 39.3 Å². The Hall–Kier alpha value is -2.59. The Morgan fingerprint density at radius 1 is 1.03 bits per heavy atom. The summed E-state index contributed by atoms with van der Waals surface area (Å²) in [5.41, 5.74) is 3.07. The van der Waals surface area contributed by atoms with E-state index in [2.05, 4.69) is 36.8 Å². The van der Waals surface area contributed by atoms with Crippen LogP contribution in [0.5, 0.6) is 11.5 Å². The lowest BCUT2D eigenvalue weighted by Crippen LogP contribution is -2.17. The number of benzene rings is 3. The van der Waals surface area contributed by atoms with E-state index in [9.17, 15) is 0 Å². The Kier molecular flexibility index (Phi) is 9.42. The molecule has 1 heterocycles. The number of hydrogen-bond acceptors (Lipinski definition) is 7. The number of ether oxygens (including phenoxy) is 2. The van der Waals surface area contributed by atoms with Crippen molar-refractivity contribution in [3.05, 3.63) is 87.4 Å². The van der Waals surface area contributed by atoms with Crippen molar-refractivity contribution in [2.45, 2.75) is 25.2 Å². The first-order valence-corrected chi connectivity index (χ1v) is 13.3. The number of thioether (sulfide) groups is 1. The molecular formula is C25H25BrClN5O2S. The highest BCUT2D eigenvalue weighted by Gasteiger charge is 2.12.